The van der Waals surface area contributed by atoms with Crippen LogP contribution in [0, 0.1) is 0 Å². The molecule has 2 rings (SSSR count). The Balaban J connectivity index is 1.91. The van der Waals surface area contributed by atoms with Crippen LogP contribution in [0.1, 0.15) is 21.7 Å². The first-order valence-electron chi connectivity index (χ1n) is 7.12. The Bertz CT molecular complexity index is 729. The standard InChI is InChI=1S/C16H18N2O5S/c1-21-11-6-4-10(8-12(11)22-2)5-7-14(19)18-16-17-9-13(24-16)15(20)23-3/h4,6,8-9H,5,7H2,1-3H3,(H,17,18,19). The monoisotopic (exact) mass is 350 g/mol. The van der Waals surface area contributed by atoms with Gasteiger partial charge in [0.2, 0.25) is 5.91 Å². The minimum Gasteiger partial charge on any atom is -0.493 e. The van der Waals surface area contributed by atoms with E-state index < -0.39 is 5.97 Å². The highest BCUT2D eigenvalue weighted by Crippen LogP contribution is 2.28. The topological polar surface area (TPSA) is 86.8 Å². The van der Waals surface area contributed by atoms with Crippen molar-refractivity contribution in [3.05, 3.63) is 34.8 Å². The van der Waals surface area contributed by atoms with Gasteiger partial charge in [-0.15, -0.1) is 0 Å². The van der Waals surface area contributed by atoms with Crippen molar-refractivity contribution in [1.29, 1.82) is 0 Å². The fraction of sp³-hybridized carbons (Fsp3) is 0.312. The molecule has 1 aromatic heterocycles. The summed E-state index contributed by atoms with van der Waals surface area (Å²) in [5, 5.41) is 3.04. The van der Waals surface area contributed by atoms with Crippen LogP contribution in [0.4, 0.5) is 5.13 Å². The highest BCUT2D eigenvalue weighted by Gasteiger charge is 2.13. The van der Waals surface area contributed by atoms with Crippen molar-refractivity contribution in [3.63, 3.8) is 0 Å². The van der Waals surface area contributed by atoms with E-state index >= 15 is 0 Å². The SMILES string of the molecule is COC(=O)c1cnc(NC(=O)CCc2ccc(OC)c(OC)c2)s1. The van der Waals surface area contributed by atoms with Crippen molar-refractivity contribution < 1.29 is 23.8 Å². The summed E-state index contributed by atoms with van der Waals surface area (Å²) in [5.74, 6) is 0.607. The van der Waals surface area contributed by atoms with Gasteiger partial charge in [-0.3, -0.25) is 4.79 Å². The minimum absolute atomic E-state index is 0.185. The Kier molecular flexibility index (Phi) is 6.14. The van der Waals surface area contributed by atoms with Crippen molar-refractivity contribution in [3.8, 4) is 11.5 Å². The van der Waals surface area contributed by atoms with Crippen LogP contribution in [0.15, 0.2) is 24.4 Å². The molecule has 0 aliphatic rings. The summed E-state index contributed by atoms with van der Waals surface area (Å²) in [6, 6.07) is 5.52. The molecule has 0 bridgehead atoms. The van der Waals surface area contributed by atoms with E-state index in [1.54, 1.807) is 20.3 Å². The number of carbonyl (C=O) groups is 2. The average Bonchev–Trinajstić information content (AvgIpc) is 3.07. The number of nitrogens with zero attached hydrogens (tertiary/aromatic N) is 1. The van der Waals surface area contributed by atoms with Crippen LogP contribution in [0.5, 0.6) is 11.5 Å². The zero-order valence-electron chi connectivity index (χ0n) is 13.6. The number of nitrogens with one attached hydrogen (secondary N) is 1. The van der Waals surface area contributed by atoms with Crippen LogP contribution < -0.4 is 14.8 Å². The van der Waals surface area contributed by atoms with E-state index in [2.05, 4.69) is 15.0 Å². The highest BCUT2D eigenvalue weighted by molar-refractivity contribution is 7.17. The number of aromatic nitrogens is 1. The van der Waals surface area contributed by atoms with Gasteiger partial charge in [0.05, 0.1) is 27.5 Å². The fourth-order valence-corrected chi connectivity index (χ4v) is 2.75. The van der Waals surface area contributed by atoms with E-state index in [0.717, 1.165) is 16.9 Å². The van der Waals surface area contributed by atoms with Crippen LogP contribution in [0.3, 0.4) is 0 Å². The Morgan fingerprint density at radius 3 is 2.58 bits per heavy atom. The number of thiazole rings is 1. The molecule has 128 valence electrons. The summed E-state index contributed by atoms with van der Waals surface area (Å²) >= 11 is 1.07. The first kappa shape index (κ1) is 17.7. The Hall–Kier alpha value is -2.61. The fourth-order valence-electron chi connectivity index (χ4n) is 2.00. The predicted molar refractivity (Wildman–Crippen MR) is 90.0 cm³/mol. The molecule has 8 heteroatoms. The van der Waals surface area contributed by atoms with Crippen LogP contribution in [-0.4, -0.2) is 38.2 Å². The predicted octanol–water partition coefficient (Wildman–Crippen LogP) is 2.52. The second-order valence-electron chi connectivity index (χ2n) is 4.76. The largest absolute Gasteiger partial charge is 0.493 e. The van der Waals surface area contributed by atoms with Gasteiger partial charge in [-0.1, -0.05) is 17.4 Å². The molecule has 1 amide bonds. The van der Waals surface area contributed by atoms with Gasteiger partial charge in [0, 0.05) is 6.42 Å². The zero-order valence-corrected chi connectivity index (χ0v) is 14.4. The minimum atomic E-state index is -0.474. The number of esters is 1. The van der Waals surface area contributed by atoms with E-state index in [1.807, 2.05) is 12.1 Å². The van der Waals surface area contributed by atoms with Crippen LogP contribution in [-0.2, 0) is 16.0 Å². The summed E-state index contributed by atoms with van der Waals surface area (Å²) in [6.07, 6.45) is 2.20. The van der Waals surface area contributed by atoms with E-state index in [4.69, 9.17) is 9.47 Å². The number of aryl methyl sites for hydroxylation is 1. The lowest BCUT2D eigenvalue weighted by Gasteiger charge is -2.09. The Morgan fingerprint density at radius 2 is 1.92 bits per heavy atom. The molecule has 0 radical (unpaired) electrons. The van der Waals surface area contributed by atoms with Crippen LogP contribution in [0.2, 0.25) is 0 Å². The molecule has 0 saturated heterocycles. The quantitative estimate of drug-likeness (QED) is 0.772. The molecule has 1 heterocycles. The van der Waals surface area contributed by atoms with E-state index in [1.165, 1.54) is 13.3 Å². The smallest absolute Gasteiger partial charge is 0.349 e. The van der Waals surface area contributed by atoms with Gasteiger partial charge in [0.25, 0.3) is 0 Å². The lowest BCUT2D eigenvalue weighted by Crippen LogP contribution is -2.12. The maximum Gasteiger partial charge on any atom is 0.349 e. The van der Waals surface area contributed by atoms with Crippen molar-refractivity contribution in [2.75, 3.05) is 26.6 Å². The first-order valence-corrected chi connectivity index (χ1v) is 7.94. The maximum absolute atomic E-state index is 12.0. The van der Waals surface area contributed by atoms with E-state index in [0.29, 0.717) is 27.9 Å². The van der Waals surface area contributed by atoms with Crippen molar-refractivity contribution in [1.82, 2.24) is 4.98 Å². The van der Waals surface area contributed by atoms with Crippen molar-refractivity contribution >= 4 is 28.3 Å². The number of rotatable bonds is 7. The summed E-state index contributed by atoms with van der Waals surface area (Å²) < 4.78 is 15.0. The molecule has 0 aliphatic carbocycles. The van der Waals surface area contributed by atoms with Crippen molar-refractivity contribution in [2.45, 2.75) is 12.8 Å². The molecule has 0 atom stereocenters. The Morgan fingerprint density at radius 1 is 1.17 bits per heavy atom. The van der Waals surface area contributed by atoms with Gasteiger partial charge < -0.3 is 19.5 Å². The average molecular weight is 350 g/mol. The van der Waals surface area contributed by atoms with Gasteiger partial charge in [-0.05, 0) is 24.1 Å². The number of carbonyl (C=O) groups excluding carboxylic acids is 2. The number of amides is 1. The molecule has 1 N–H and O–H groups in total. The van der Waals surface area contributed by atoms with Crippen molar-refractivity contribution in [2.24, 2.45) is 0 Å². The molecular weight excluding hydrogens is 332 g/mol. The molecule has 2 aromatic rings. The van der Waals surface area contributed by atoms with Gasteiger partial charge in [-0.25, -0.2) is 9.78 Å². The molecule has 0 saturated carbocycles. The molecule has 0 unspecified atom stereocenters. The number of hydrogen-bond acceptors (Lipinski definition) is 7. The molecule has 24 heavy (non-hydrogen) atoms. The third-order valence-corrected chi connectivity index (χ3v) is 4.12. The normalized spacial score (nSPS) is 10.1. The third-order valence-electron chi connectivity index (χ3n) is 3.23. The van der Waals surface area contributed by atoms with Gasteiger partial charge in [-0.2, -0.15) is 0 Å². The number of methoxy groups -OCH3 is 3. The summed E-state index contributed by atoms with van der Waals surface area (Å²) in [6.45, 7) is 0. The molecular formula is C16H18N2O5S. The number of ether oxygens (including phenoxy) is 3. The van der Waals surface area contributed by atoms with E-state index in [9.17, 15) is 9.59 Å². The number of benzene rings is 1. The van der Waals surface area contributed by atoms with Crippen LogP contribution in [0.25, 0.3) is 0 Å². The maximum atomic E-state index is 12.0. The van der Waals surface area contributed by atoms with Gasteiger partial charge in [0.1, 0.15) is 4.88 Å². The lowest BCUT2D eigenvalue weighted by molar-refractivity contribution is -0.116. The van der Waals surface area contributed by atoms with Crippen LogP contribution >= 0.6 is 11.3 Å². The molecule has 0 spiro atoms. The molecule has 7 nitrogen and oxygen atoms in total. The lowest BCUT2D eigenvalue weighted by atomic mass is 10.1. The molecule has 0 aliphatic heterocycles. The summed E-state index contributed by atoms with van der Waals surface area (Å²) in [4.78, 5) is 27.7. The molecule has 1 aromatic carbocycles. The summed E-state index contributed by atoms with van der Waals surface area (Å²) in [7, 11) is 4.43. The second kappa shape index (κ2) is 8.30. The van der Waals surface area contributed by atoms with Gasteiger partial charge >= 0.3 is 5.97 Å². The third kappa shape index (κ3) is 4.45. The van der Waals surface area contributed by atoms with E-state index in [-0.39, 0.29) is 12.3 Å². The molecule has 0 fully saturated rings. The summed E-state index contributed by atoms with van der Waals surface area (Å²) in [5.41, 5.74) is 0.956. The highest BCUT2D eigenvalue weighted by atomic mass is 32.1. The first-order chi connectivity index (χ1) is 11.6. The number of hydrogen-bond donors (Lipinski definition) is 1. The zero-order chi connectivity index (χ0) is 17.5. The Labute approximate surface area is 143 Å². The second-order valence-corrected chi connectivity index (χ2v) is 5.79. The van der Waals surface area contributed by atoms with Gasteiger partial charge in [0.15, 0.2) is 16.6 Å². The number of anilines is 1.